The quantitative estimate of drug-likeness (QED) is 0.740. The summed E-state index contributed by atoms with van der Waals surface area (Å²) in [4.78, 5) is 11.4. The van der Waals surface area contributed by atoms with Gasteiger partial charge in [0.05, 0.1) is 12.7 Å². The van der Waals surface area contributed by atoms with E-state index in [1.54, 1.807) is 30.3 Å². The van der Waals surface area contributed by atoms with Crippen molar-refractivity contribution in [2.75, 3.05) is 7.11 Å². The first-order chi connectivity index (χ1) is 8.20. The van der Waals surface area contributed by atoms with Crippen LogP contribution in [0.5, 0.6) is 0 Å². The molecule has 0 aromatic heterocycles. The number of carbonyl (C=O) groups is 1. The van der Waals surface area contributed by atoms with Crippen molar-refractivity contribution in [3.63, 3.8) is 0 Å². The van der Waals surface area contributed by atoms with Crippen LogP contribution >= 0.6 is 0 Å². The molecule has 85 valence electrons. The molecule has 0 saturated carbocycles. The molecular formula is C14H10FO2. The van der Waals surface area contributed by atoms with Gasteiger partial charge in [0.2, 0.25) is 0 Å². The Kier molecular flexibility index (Phi) is 3.19. The maximum atomic E-state index is 12.8. The predicted octanol–water partition coefficient (Wildman–Crippen LogP) is 3.08. The van der Waals surface area contributed by atoms with E-state index in [-0.39, 0.29) is 5.82 Å². The van der Waals surface area contributed by atoms with Gasteiger partial charge < -0.3 is 4.74 Å². The van der Waals surface area contributed by atoms with E-state index in [9.17, 15) is 9.18 Å². The summed E-state index contributed by atoms with van der Waals surface area (Å²) < 4.78 is 17.4. The lowest BCUT2D eigenvalue weighted by Gasteiger charge is -2.03. The fraction of sp³-hybridized carbons (Fsp3) is 0.0714. The fourth-order valence-electron chi connectivity index (χ4n) is 1.51. The highest BCUT2D eigenvalue weighted by Gasteiger charge is 2.06. The summed E-state index contributed by atoms with van der Waals surface area (Å²) in [6, 6.07) is 13.9. The summed E-state index contributed by atoms with van der Waals surface area (Å²) in [5.74, 6) is -0.694. The second-order valence-electron chi connectivity index (χ2n) is 3.49. The molecule has 0 spiro atoms. The average Bonchev–Trinajstić information content (AvgIpc) is 2.39. The van der Waals surface area contributed by atoms with E-state index in [4.69, 9.17) is 0 Å². The molecule has 0 aliphatic carbocycles. The zero-order chi connectivity index (χ0) is 12.3. The average molecular weight is 229 g/mol. The third kappa shape index (κ3) is 2.50. The Hall–Kier alpha value is -2.16. The van der Waals surface area contributed by atoms with Crippen molar-refractivity contribution in [3.8, 4) is 11.1 Å². The number of methoxy groups -OCH3 is 1. The number of benzene rings is 2. The molecule has 2 rings (SSSR count). The van der Waals surface area contributed by atoms with E-state index in [2.05, 4.69) is 10.8 Å². The van der Waals surface area contributed by atoms with Crippen molar-refractivity contribution in [1.82, 2.24) is 0 Å². The molecule has 0 N–H and O–H groups in total. The molecule has 0 saturated heterocycles. The lowest BCUT2D eigenvalue weighted by atomic mass is 10.0. The molecule has 0 atom stereocenters. The number of hydrogen-bond donors (Lipinski definition) is 0. The summed E-state index contributed by atoms with van der Waals surface area (Å²) in [6.07, 6.45) is 0. The van der Waals surface area contributed by atoms with Crippen LogP contribution in [-0.2, 0) is 4.74 Å². The van der Waals surface area contributed by atoms with Gasteiger partial charge in [-0.15, -0.1) is 0 Å². The van der Waals surface area contributed by atoms with Crippen molar-refractivity contribution in [2.24, 2.45) is 0 Å². The van der Waals surface area contributed by atoms with Crippen LogP contribution in [0.1, 0.15) is 10.4 Å². The van der Waals surface area contributed by atoms with Gasteiger partial charge in [0, 0.05) is 0 Å². The molecule has 3 heteroatoms. The third-order valence-electron chi connectivity index (χ3n) is 2.38. The van der Waals surface area contributed by atoms with Gasteiger partial charge in [-0.25, -0.2) is 9.18 Å². The molecule has 0 fully saturated rings. The minimum atomic E-state index is -0.401. The van der Waals surface area contributed by atoms with E-state index < -0.39 is 5.97 Å². The predicted molar refractivity (Wildman–Crippen MR) is 62.0 cm³/mol. The van der Waals surface area contributed by atoms with Gasteiger partial charge in [0.25, 0.3) is 0 Å². The van der Waals surface area contributed by atoms with Gasteiger partial charge in [0.15, 0.2) is 0 Å². The maximum absolute atomic E-state index is 12.8. The van der Waals surface area contributed by atoms with Gasteiger partial charge >= 0.3 is 5.97 Å². The highest BCUT2D eigenvalue weighted by atomic mass is 19.1. The number of hydrogen-bond acceptors (Lipinski definition) is 2. The molecule has 0 aliphatic rings. The minimum absolute atomic E-state index is 0.294. The SMILES string of the molecule is COC(=O)c1cc[c]c(-c2ccc(F)cc2)c1. The number of esters is 1. The molecule has 2 nitrogen and oxygen atoms in total. The van der Waals surface area contributed by atoms with Crippen LogP contribution in [0.3, 0.4) is 0 Å². The smallest absolute Gasteiger partial charge is 0.337 e. The topological polar surface area (TPSA) is 26.3 Å². The van der Waals surface area contributed by atoms with Crippen molar-refractivity contribution >= 4 is 5.97 Å². The van der Waals surface area contributed by atoms with Crippen LogP contribution in [0.4, 0.5) is 4.39 Å². The van der Waals surface area contributed by atoms with Gasteiger partial charge in [-0.2, -0.15) is 0 Å². The van der Waals surface area contributed by atoms with Crippen LogP contribution in [0.15, 0.2) is 42.5 Å². The van der Waals surface area contributed by atoms with Crippen LogP contribution in [0.25, 0.3) is 11.1 Å². The lowest BCUT2D eigenvalue weighted by Crippen LogP contribution is -2.00. The van der Waals surface area contributed by atoms with Crippen molar-refractivity contribution in [2.45, 2.75) is 0 Å². The minimum Gasteiger partial charge on any atom is -0.465 e. The second-order valence-corrected chi connectivity index (χ2v) is 3.49. The lowest BCUT2D eigenvalue weighted by molar-refractivity contribution is 0.0601. The number of carbonyl (C=O) groups excluding carboxylic acids is 1. The van der Waals surface area contributed by atoms with E-state index in [0.29, 0.717) is 5.56 Å². The molecule has 0 amide bonds. The zero-order valence-corrected chi connectivity index (χ0v) is 9.24. The Labute approximate surface area is 98.7 Å². The van der Waals surface area contributed by atoms with Gasteiger partial charge in [-0.3, -0.25) is 0 Å². The molecule has 1 radical (unpaired) electrons. The van der Waals surface area contributed by atoms with Crippen LogP contribution in [0.2, 0.25) is 0 Å². The normalized spacial score (nSPS) is 10.0. The Bertz CT molecular complexity index is 532. The molecule has 0 heterocycles. The monoisotopic (exact) mass is 229 g/mol. The molecule has 2 aromatic rings. The van der Waals surface area contributed by atoms with E-state index >= 15 is 0 Å². The van der Waals surface area contributed by atoms with Crippen LogP contribution in [0, 0.1) is 11.9 Å². The second kappa shape index (κ2) is 4.78. The van der Waals surface area contributed by atoms with Gasteiger partial charge in [0.1, 0.15) is 5.82 Å². The number of halogens is 1. The van der Waals surface area contributed by atoms with E-state index in [1.165, 1.54) is 19.2 Å². The summed E-state index contributed by atoms with van der Waals surface area (Å²) in [7, 11) is 1.33. The number of ether oxygens (including phenoxy) is 1. The Balaban J connectivity index is 2.39. The van der Waals surface area contributed by atoms with E-state index in [1.807, 2.05) is 0 Å². The summed E-state index contributed by atoms with van der Waals surface area (Å²) >= 11 is 0. The summed E-state index contributed by atoms with van der Waals surface area (Å²) in [5.41, 5.74) is 1.98. The Morgan fingerprint density at radius 1 is 1.24 bits per heavy atom. The molecule has 2 aromatic carbocycles. The third-order valence-corrected chi connectivity index (χ3v) is 2.38. The van der Waals surface area contributed by atoms with E-state index in [0.717, 1.165) is 11.1 Å². The molecule has 17 heavy (non-hydrogen) atoms. The maximum Gasteiger partial charge on any atom is 0.337 e. The molecule has 0 bridgehead atoms. The largest absolute Gasteiger partial charge is 0.465 e. The highest BCUT2D eigenvalue weighted by molar-refractivity contribution is 5.90. The Morgan fingerprint density at radius 3 is 2.59 bits per heavy atom. The highest BCUT2D eigenvalue weighted by Crippen LogP contribution is 2.20. The van der Waals surface area contributed by atoms with Crippen molar-refractivity contribution in [3.05, 3.63) is 59.9 Å². The summed E-state index contributed by atoms with van der Waals surface area (Å²) in [5, 5.41) is 0. The molecular weight excluding hydrogens is 219 g/mol. The molecule has 0 aliphatic heterocycles. The number of rotatable bonds is 2. The first-order valence-electron chi connectivity index (χ1n) is 5.06. The fourth-order valence-corrected chi connectivity index (χ4v) is 1.51. The van der Waals surface area contributed by atoms with Gasteiger partial charge in [-0.05, 0) is 41.5 Å². The Morgan fingerprint density at radius 2 is 1.94 bits per heavy atom. The standard InChI is InChI=1S/C14H10FO2/c1-17-14(16)12-4-2-3-11(9-12)10-5-7-13(15)8-6-10/h2,4-9H,1H3. The van der Waals surface area contributed by atoms with Gasteiger partial charge in [-0.1, -0.05) is 18.2 Å². The van der Waals surface area contributed by atoms with Crippen LogP contribution in [-0.4, -0.2) is 13.1 Å². The van der Waals surface area contributed by atoms with Crippen molar-refractivity contribution in [1.29, 1.82) is 0 Å². The first-order valence-corrected chi connectivity index (χ1v) is 5.06. The van der Waals surface area contributed by atoms with Crippen molar-refractivity contribution < 1.29 is 13.9 Å². The molecule has 0 unspecified atom stereocenters. The first kappa shape index (κ1) is 11.3. The van der Waals surface area contributed by atoms with Crippen LogP contribution < -0.4 is 0 Å². The zero-order valence-electron chi connectivity index (χ0n) is 9.24. The summed E-state index contributed by atoms with van der Waals surface area (Å²) in [6.45, 7) is 0.